The number of nitrogens with zero attached hydrogens (tertiary/aromatic N) is 1. The Balaban J connectivity index is 1.43. The van der Waals surface area contributed by atoms with Crippen LogP contribution < -0.4 is 10.1 Å². The molecule has 0 aliphatic carbocycles. The smallest absolute Gasteiger partial charge is 0.255 e. The molecule has 0 bridgehead atoms. The van der Waals surface area contributed by atoms with Crippen molar-refractivity contribution in [1.29, 1.82) is 0 Å². The first-order chi connectivity index (χ1) is 12.8. The molecule has 0 spiro atoms. The minimum atomic E-state index is -0.0911. The molecule has 0 aromatic heterocycles. The summed E-state index contributed by atoms with van der Waals surface area (Å²) >= 11 is 0. The molecule has 1 fully saturated rings. The van der Waals surface area contributed by atoms with E-state index in [0.29, 0.717) is 17.9 Å². The average Bonchev–Trinajstić information content (AvgIpc) is 2.72. The molecule has 1 amide bonds. The molecule has 0 radical (unpaired) electrons. The summed E-state index contributed by atoms with van der Waals surface area (Å²) in [5.74, 6) is 0.510. The first-order valence-electron chi connectivity index (χ1n) is 9.08. The Hall–Kier alpha value is -2.37. The van der Waals surface area contributed by atoms with Crippen LogP contribution in [0.5, 0.6) is 5.75 Å². The van der Waals surface area contributed by atoms with Gasteiger partial charge in [-0.2, -0.15) is 0 Å². The minimum Gasteiger partial charge on any atom is -0.496 e. The van der Waals surface area contributed by atoms with Crippen LogP contribution in [0.3, 0.4) is 0 Å². The summed E-state index contributed by atoms with van der Waals surface area (Å²) < 4.78 is 11.1. The van der Waals surface area contributed by atoms with E-state index in [1.165, 1.54) is 5.56 Å². The van der Waals surface area contributed by atoms with Crippen LogP contribution in [0.25, 0.3) is 0 Å². The maximum Gasteiger partial charge on any atom is 0.255 e. The van der Waals surface area contributed by atoms with Gasteiger partial charge in [0, 0.05) is 26.2 Å². The van der Waals surface area contributed by atoms with E-state index >= 15 is 0 Å². The molecule has 2 aromatic rings. The van der Waals surface area contributed by atoms with Crippen LogP contribution in [0.4, 0.5) is 0 Å². The van der Waals surface area contributed by atoms with Gasteiger partial charge in [-0.25, -0.2) is 0 Å². The SMILES string of the molecule is COc1ccccc1C(=O)NCCCN1CCOC(c2ccccc2)C1. The fourth-order valence-electron chi connectivity index (χ4n) is 3.21. The zero-order valence-corrected chi connectivity index (χ0v) is 15.2. The molecule has 138 valence electrons. The van der Waals surface area contributed by atoms with Crippen molar-refractivity contribution in [2.75, 3.05) is 39.9 Å². The topological polar surface area (TPSA) is 50.8 Å². The normalized spacial score (nSPS) is 17.7. The lowest BCUT2D eigenvalue weighted by Gasteiger charge is -2.33. The standard InChI is InChI=1S/C21H26N2O3/c1-25-19-11-6-5-10-18(19)21(24)22-12-7-13-23-14-15-26-20(16-23)17-8-3-2-4-9-17/h2-6,8-11,20H,7,12-16H2,1H3,(H,22,24). The summed E-state index contributed by atoms with van der Waals surface area (Å²) in [6.45, 7) is 4.16. The number of amides is 1. The van der Waals surface area contributed by atoms with E-state index < -0.39 is 0 Å². The van der Waals surface area contributed by atoms with Crippen LogP contribution in [-0.4, -0.2) is 50.7 Å². The molecule has 3 rings (SSSR count). The van der Waals surface area contributed by atoms with Gasteiger partial charge >= 0.3 is 0 Å². The van der Waals surface area contributed by atoms with E-state index in [2.05, 4.69) is 22.3 Å². The van der Waals surface area contributed by atoms with Crippen molar-refractivity contribution in [3.63, 3.8) is 0 Å². The highest BCUT2D eigenvalue weighted by molar-refractivity contribution is 5.96. The van der Waals surface area contributed by atoms with Crippen molar-refractivity contribution in [3.8, 4) is 5.75 Å². The fraction of sp³-hybridized carbons (Fsp3) is 0.381. The Labute approximate surface area is 154 Å². The number of carbonyl (C=O) groups is 1. The number of hydrogen-bond donors (Lipinski definition) is 1. The number of rotatable bonds is 7. The van der Waals surface area contributed by atoms with Crippen LogP contribution in [0.2, 0.25) is 0 Å². The van der Waals surface area contributed by atoms with Crippen molar-refractivity contribution in [3.05, 3.63) is 65.7 Å². The van der Waals surface area contributed by atoms with Gasteiger partial charge in [0.2, 0.25) is 0 Å². The molecular formula is C21H26N2O3. The van der Waals surface area contributed by atoms with Gasteiger partial charge in [0.15, 0.2) is 0 Å². The summed E-state index contributed by atoms with van der Waals surface area (Å²) in [5, 5.41) is 2.98. The van der Waals surface area contributed by atoms with Crippen LogP contribution in [0.15, 0.2) is 54.6 Å². The summed E-state index contributed by atoms with van der Waals surface area (Å²) in [5.41, 5.74) is 1.80. The molecule has 1 N–H and O–H groups in total. The number of carbonyl (C=O) groups excluding carboxylic acids is 1. The summed E-state index contributed by atoms with van der Waals surface area (Å²) in [4.78, 5) is 14.7. The lowest BCUT2D eigenvalue weighted by atomic mass is 10.1. The predicted octanol–water partition coefficient (Wildman–Crippen LogP) is 2.89. The number of methoxy groups -OCH3 is 1. The van der Waals surface area contributed by atoms with Gasteiger partial charge in [-0.3, -0.25) is 9.69 Å². The molecule has 1 saturated heterocycles. The molecule has 1 aliphatic heterocycles. The number of nitrogens with one attached hydrogen (secondary N) is 1. The average molecular weight is 354 g/mol. The van der Waals surface area contributed by atoms with Gasteiger partial charge in [-0.05, 0) is 24.1 Å². The van der Waals surface area contributed by atoms with Crippen LogP contribution >= 0.6 is 0 Å². The molecule has 1 atom stereocenters. The van der Waals surface area contributed by atoms with Gasteiger partial charge in [-0.1, -0.05) is 42.5 Å². The molecule has 5 nitrogen and oxygen atoms in total. The second kappa shape index (κ2) is 9.36. The Morgan fingerprint density at radius 2 is 1.96 bits per heavy atom. The summed E-state index contributed by atoms with van der Waals surface area (Å²) in [6, 6.07) is 17.6. The number of ether oxygens (including phenoxy) is 2. The highest BCUT2D eigenvalue weighted by atomic mass is 16.5. The number of para-hydroxylation sites is 1. The molecule has 26 heavy (non-hydrogen) atoms. The second-order valence-electron chi connectivity index (χ2n) is 6.38. The predicted molar refractivity (Wildman–Crippen MR) is 102 cm³/mol. The highest BCUT2D eigenvalue weighted by Gasteiger charge is 2.21. The molecule has 1 unspecified atom stereocenters. The summed E-state index contributed by atoms with van der Waals surface area (Å²) in [6.07, 6.45) is 1.04. The Bertz CT molecular complexity index is 705. The third-order valence-electron chi connectivity index (χ3n) is 4.61. The van der Waals surface area contributed by atoms with Gasteiger partial charge in [0.1, 0.15) is 5.75 Å². The van der Waals surface area contributed by atoms with Crippen LogP contribution in [0, 0.1) is 0 Å². The quantitative estimate of drug-likeness (QED) is 0.777. The lowest BCUT2D eigenvalue weighted by molar-refractivity contribution is -0.0301. The van der Waals surface area contributed by atoms with Crippen molar-refractivity contribution >= 4 is 5.91 Å². The van der Waals surface area contributed by atoms with Gasteiger partial charge in [0.25, 0.3) is 5.91 Å². The number of benzene rings is 2. The maximum absolute atomic E-state index is 12.3. The Morgan fingerprint density at radius 3 is 2.77 bits per heavy atom. The van der Waals surface area contributed by atoms with Crippen molar-refractivity contribution in [1.82, 2.24) is 10.2 Å². The molecule has 2 aromatic carbocycles. The van der Waals surface area contributed by atoms with Crippen molar-refractivity contribution in [2.45, 2.75) is 12.5 Å². The minimum absolute atomic E-state index is 0.0911. The summed E-state index contributed by atoms with van der Waals surface area (Å²) in [7, 11) is 1.58. The van der Waals surface area contributed by atoms with Crippen LogP contribution in [-0.2, 0) is 4.74 Å². The third kappa shape index (κ3) is 4.84. The van der Waals surface area contributed by atoms with Crippen molar-refractivity contribution in [2.24, 2.45) is 0 Å². The first-order valence-corrected chi connectivity index (χ1v) is 9.08. The highest BCUT2D eigenvalue weighted by Crippen LogP contribution is 2.22. The third-order valence-corrected chi connectivity index (χ3v) is 4.61. The second-order valence-corrected chi connectivity index (χ2v) is 6.38. The number of hydrogen-bond acceptors (Lipinski definition) is 4. The maximum atomic E-state index is 12.3. The number of morpholine rings is 1. The fourth-order valence-corrected chi connectivity index (χ4v) is 3.21. The zero-order chi connectivity index (χ0) is 18.2. The molecule has 1 aliphatic rings. The molecule has 1 heterocycles. The lowest BCUT2D eigenvalue weighted by Crippen LogP contribution is -2.39. The van der Waals surface area contributed by atoms with E-state index in [4.69, 9.17) is 9.47 Å². The molecule has 0 saturated carbocycles. The van der Waals surface area contributed by atoms with Gasteiger partial charge in [0.05, 0.1) is 25.4 Å². The van der Waals surface area contributed by atoms with Gasteiger partial charge in [-0.15, -0.1) is 0 Å². The monoisotopic (exact) mass is 354 g/mol. The largest absolute Gasteiger partial charge is 0.496 e. The Kier molecular flexibility index (Phi) is 6.63. The molecule has 5 heteroatoms. The van der Waals surface area contributed by atoms with Gasteiger partial charge < -0.3 is 14.8 Å². The van der Waals surface area contributed by atoms with E-state index in [1.807, 2.05) is 30.3 Å². The zero-order valence-electron chi connectivity index (χ0n) is 15.2. The molecular weight excluding hydrogens is 328 g/mol. The van der Waals surface area contributed by atoms with E-state index in [1.54, 1.807) is 19.2 Å². The Morgan fingerprint density at radius 1 is 1.19 bits per heavy atom. The van der Waals surface area contributed by atoms with Crippen LogP contribution in [0.1, 0.15) is 28.4 Å². The van der Waals surface area contributed by atoms with E-state index in [-0.39, 0.29) is 12.0 Å². The first kappa shape index (κ1) is 18.4. The van der Waals surface area contributed by atoms with E-state index in [0.717, 1.165) is 32.7 Å². The van der Waals surface area contributed by atoms with Crippen molar-refractivity contribution < 1.29 is 14.3 Å². The van der Waals surface area contributed by atoms with E-state index in [9.17, 15) is 4.79 Å².